The lowest BCUT2D eigenvalue weighted by Crippen LogP contribution is -2.39. The van der Waals surface area contributed by atoms with Gasteiger partial charge in [0.1, 0.15) is 6.26 Å². The summed E-state index contributed by atoms with van der Waals surface area (Å²) in [7, 11) is 0. The Balaban J connectivity index is 1.89. The van der Waals surface area contributed by atoms with Crippen molar-refractivity contribution in [2.75, 3.05) is 32.9 Å². The van der Waals surface area contributed by atoms with Gasteiger partial charge in [0.15, 0.2) is 5.78 Å². The minimum atomic E-state index is -1.05. The number of morpholine rings is 1. The van der Waals surface area contributed by atoms with Gasteiger partial charge in [0.2, 0.25) is 5.91 Å². The van der Waals surface area contributed by atoms with Gasteiger partial charge in [-0.15, -0.1) is 0 Å². The van der Waals surface area contributed by atoms with Crippen LogP contribution in [0.5, 0.6) is 0 Å². The van der Waals surface area contributed by atoms with Crippen LogP contribution in [-0.4, -0.2) is 54.6 Å². The lowest BCUT2D eigenvalue weighted by molar-refractivity contribution is -0.130. The lowest BCUT2D eigenvalue weighted by atomic mass is 9.82. The van der Waals surface area contributed by atoms with Crippen LogP contribution >= 0.6 is 0 Å². The van der Waals surface area contributed by atoms with Gasteiger partial charge in [-0.1, -0.05) is 6.08 Å². The van der Waals surface area contributed by atoms with Crippen molar-refractivity contribution in [1.29, 1.82) is 0 Å². The van der Waals surface area contributed by atoms with Crippen LogP contribution in [0.2, 0.25) is 0 Å². The van der Waals surface area contributed by atoms with E-state index in [9.17, 15) is 14.7 Å². The third-order valence-corrected chi connectivity index (χ3v) is 4.45. The topological polar surface area (TPSA) is 76.1 Å². The van der Waals surface area contributed by atoms with E-state index in [0.717, 1.165) is 0 Å². The minimum Gasteiger partial charge on any atom is -0.472 e. The molecule has 1 N–H and O–H groups in total. The molecule has 1 atom stereocenters. The number of carbonyl (C=O) groups is 2. The first-order chi connectivity index (χ1) is 11.1. The van der Waals surface area contributed by atoms with E-state index in [0.29, 0.717) is 43.0 Å². The summed E-state index contributed by atoms with van der Waals surface area (Å²) in [6.45, 7) is 3.54. The van der Waals surface area contributed by atoms with E-state index in [1.807, 2.05) is 0 Å². The number of aliphatic hydroxyl groups is 1. The quantitative estimate of drug-likeness (QED) is 0.776. The Morgan fingerprint density at radius 1 is 1.43 bits per heavy atom. The number of carbonyl (C=O) groups excluding carboxylic acids is 2. The molecule has 6 heteroatoms. The molecular formula is C17H19NO5. The van der Waals surface area contributed by atoms with Crippen LogP contribution in [-0.2, 0) is 19.1 Å². The van der Waals surface area contributed by atoms with Crippen LogP contribution in [0.15, 0.2) is 47.5 Å². The third kappa shape index (κ3) is 2.64. The summed E-state index contributed by atoms with van der Waals surface area (Å²) in [6, 6.07) is 0. The highest BCUT2D eigenvalue weighted by Gasteiger charge is 2.46. The molecule has 0 radical (unpaired) electrons. The summed E-state index contributed by atoms with van der Waals surface area (Å²) in [6.07, 6.45) is 7.65. The fourth-order valence-electron chi connectivity index (χ4n) is 2.97. The second-order valence-electron chi connectivity index (χ2n) is 5.89. The van der Waals surface area contributed by atoms with Crippen molar-refractivity contribution in [3.05, 3.63) is 47.5 Å². The molecule has 6 nitrogen and oxygen atoms in total. The van der Waals surface area contributed by atoms with Crippen molar-refractivity contribution in [3.8, 4) is 0 Å². The smallest absolute Gasteiger partial charge is 0.246 e. The highest BCUT2D eigenvalue weighted by molar-refractivity contribution is 6.11. The Morgan fingerprint density at radius 3 is 2.87 bits per heavy atom. The van der Waals surface area contributed by atoms with E-state index in [-0.39, 0.29) is 18.3 Å². The average molecular weight is 317 g/mol. The van der Waals surface area contributed by atoms with Gasteiger partial charge in [0.25, 0.3) is 0 Å². The zero-order valence-electron chi connectivity index (χ0n) is 12.9. The first kappa shape index (κ1) is 15.7. The number of ether oxygens (including phenoxy) is 2. The molecule has 0 aromatic heterocycles. The maximum absolute atomic E-state index is 12.5. The third-order valence-electron chi connectivity index (χ3n) is 4.45. The first-order valence-electron chi connectivity index (χ1n) is 7.55. The van der Waals surface area contributed by atoms with Gasteiger partial charge < -0.3 is 19.5 Å². The van der Waals surface area contributed by atoms with E-state index >= 15 is 0 Å². The van der Waals surface area contributed by atoms with E-state index in [1.54, 1.807) is 24.0 Å². The number of rotatable bonds is 3. The molecule has 1 amide bonds. The van der Waals surface area contributed by atoms with Crippen molar-refractivity contribution in [1.82, 2.24) is 4.90 Å². The summed E-state index contributed by atoms with van der Waals surface area (Å²) in [5, 5.41) is 9.73. The Bertz CT molecular complexity index is 652. The molecule has 0 bridgehead atoms. The van der Waals surface area contributed by atoms with Crippen molar-refractivity contribution < 1.29 is 24.2 Å². The predicted octanol–water partition coefficient (Wildman–Crippen LogP) is 0.707. The molecule has 0 spiro atoms. The van der Waals surface area contributed by atoms with E-state index < -0.39 is 5.41 Å². The molecule has 0 aromatic rings. The van der Waals surface area contributed by atoms with Gasteiger partial charge in [-0.3, -0.25) is 9.59 Å². The highest BCUT2D eigenvalue weighted by atomic mass is 16.5. The van der Waals surface area contributed by atoms with Crippen molar-refractivity contribution in [2.24, 2.45) is 5.41 Å². The van der Waals surface area contributed by atoms with Crippen LogP contribution < -0.4 is 0 Å². The van der Waals surface area contributed by atoms with E-state index in [4.69, 9.17) is 9.47 Å². The molecule has 0 saturated carbocycles. The molecule has 2 heterocycles. The summed E-state index contributed by atoms with van der Waals surface area (Å²) >= 11 is 0. The van der Waals surface area contributed by atoms with Gasteiger partial charge >= 0.3 is 0 Å². The minimum absolute atomic E-state index is 0.123. The molecule has 3 aliphatic rings. The van der Waals surface area contributed by atoms with Gasteiger partial charge in [0.05, 0.1) is 37.1 Å². The maximum atomic E-state index is 12.5. The fraction of sp³-hybridized carbons (Fsp3) is 0.412. The molecule has 1 aliphatic carbocycles. The molecule has 122 valence electrons. The number of allylic oxidation sites excluding steroid dienone is 4. The lowest BCUT2D eigenvalue weighted by Gasteiger charge is -2.26. The van der Waals surface area contributed by atoms with Gasteiger partial charge in [0, 0.05) is 19.2 Å². The monoisotopic (exact) mass is 317 g/mol. The number of ketones is 1. The number of fused-ring (bicyclic) bond motifs is 1. The predicted molar refractivity (Wildman–Crippen MR) is 82.1 cm³/mol. The largest absolute Gasteiger partial charge is 0.472 e. The second-order valence-corrected chi connectivity index (χ2v) is 5.89. The molecule has 0 aromatic carbocycles. The Morgan fingerprint density at radius 2 is 2.17 bits per heavy atom. The molecule has 1 fully saturated rings. The summed E-state index contributed by atoms with van der Waals surface area (Å²) in [4.78, 5) is 26.5. The second kappa shape index (κ2) is 6.14. The first-order valence-corrected chi connectivity index (χ1v) is 7.55. The highest BCUT2D eigenvalue weighted by Crippen LogP contribution is 2.45. The maximum Gasteiger partial charge on any atom is 0.246 e. The van der Waals surface area contributed by atoms with Gasteiger partial charge in [-0.05, 0) is 24.1 Å². The number of nitrogens with zero attached hydrogens (tertiary/aromatic N) is 1. The van der Waals surface area contributed by atoms with Crippen LogP contribution in [0.1, 0.15) is 6.92 Å². The molecule has 2 aliphatic heterocycles. The number of hydrogen-bond acceptors (Lipinski definition) is 5. The fourth-order valence-corrected chi connectivity index (χ4v) is 2.97. The molecule has 3 rings (SSSR count). The number of aliphatic hydroxyl groups excluding tert-OH is 1. The number of hydrogen-bond donors (Lipinski definition) is 1. The van der Waals surface area contributed by atoms with Crippen LogP contribution in [0.25, 0.3) is 0 Å². The SMILES string of the molecule is CC1(CO)C(=O)C2=COC=CC2=C1C=CC(=O)N1CCOCC1. The van der Waals surface area contributed by atoms with E-state index in [2.05, 4.69) is 0 Å². The average Bonchev–Trinajstić information content (AvgIpc) is 2.82. The summed E-state index contributed by atoms with van der Waals surface area (Å²) < 4.78 is 10.3. The van der Waals surface area contributed by atoms with E-state index in [1.165, 1.54) is 18.6 Å². The Kier molecular flexibility index (Phi) is 4.19. The van der Waals surface area contributed by atoms with Crippen molar-refractivity contribution >= 4 is 11.7 Å². The number of Topliss-reactive ketones (excluding diaryl/α,β-unsaturated/α-hetero) is 1. The molecule has 23 heavy (non-hydrogen) atoms. The molecule has 1 unspecified atom stereocenters. The van der Waals surface area contributed by atoms with Crippen LogP contribution in [0.4, 0.5) is 0 Å². The Hall–Kier alpha value is -2.18. The normalized spacial score (nSPS) is 27.3. The Labute approximate surface area is 134 Å². The van der Waals surface area contributed by atoms with Crippen LogP contribution in [0, 0.1) is 5.41 Å². The summed E-state index contributed by atoms with van der Waals surface area (Å²) in [5.41, 5.74) is 0.713. The van der Waals surface area contributed by atoms with Crippen molar-refractivity contribution in [3.63, 3.8) is 0 Å². The zero-order valence-corrected chi connectivity index (χ0v) is 12.9. The van der Waals surface area contributed by atoms with Crippen molar-refractivity contribution in [2.45, 2.75) is 6.92 Å². The number of amides is 1. The van der Waals surface area contributed by atoms with Gasteiger partial charge in [-0.2, -0.15) is 0 Å². The standard InChI is InChI=1S/C17H19NO5/c1-17(11-19)14(12-4-7-23-10-13(12)16(17)21)2-3-15(20)18-5-8-22-9-6-18/h2-4,7,10,19H,5-6,8-9,11H2,1H3. The van der Waals surface area contributed by atoms with Crippen LogP contribution in [0.3, 0.4) is 0 Å². The summed E-state index contributed by atoms with van der Waals surface area (Å²) in [5.74, 6) is -0.319. The van der Waals surface area contributed by atoms with Gasteiger partial charge in [-0.25, -0.2) is 0 Å². The molecular weight excluding hydrogens is 298 g/mol. The zero-order chi connectivity index (χ0) is 16.4. The molecule has 1 saturated heterocycles.